The van der Waals surface area contributed by atoms with Crippen LogP contribution in [-0.2, 0) is 0 Å². The van der Waals surface area contributed by atoms with Crippen LogP contribution in [0.3, 0.4) is 0 Å². The average molecular weight is 302 g/mol. The van der Waals surface area contributed by atoms with Crippen LogP contribution in [0, 0.1) is 17.3 Å². The second-order valence-electron chi connectivity index (χ2n) is 7.99. The first kappa shape index (κ1) is 13.5. The molecule has 3 aliphatic carbocycles. The van der Waals surface area contributed by atoms with E-state index in [1.54, 1.807) is 0 Å². The Kier molecular flexibility index (Phi) is 2.66. The van der Waals surface area contributed by atoms with Crippen molar-refractivity contribution in [2.75, 3.05) is 0 Å². The normalized spacial score (nSPS) is 28.7. The molecule has 116 valence electrons. The Morgan fingerprint density at radius 1 is 0.957 bits per heavy atom. The molecule has 3 aromatic rings. The maximum atomic E-state index is 5.11. The predicted octanol–water partition coefficient (Wildman–Crippen LogP) is 5.32. The van der Waals surface area contributed by atoms with Crippen molar-refractivity contribution in [3.63, 3.8) is 0 Å². The molecule has 0 unspecified atom stereocenters. The van der Waals surface area contributed by atoms with Gasteiger partial charge in [-0.15, -0.1) is 0 Å². The zero-order chi connectivity index (χ0) is 15.6. The lowest BCUT2D eigenvalue weighted by Crippen LogP contribution is -2.51. The lowest BCUT2D eigenvalue weighted by Gasteiger charge is -2.60. The summed E-state index contributed by atoms with van der Waals surface area (Å²) in [5, 5.41) is 2.37. The fourth-order valence-electron chi connectivity index (χ4n) is 5.11. The number of hydrogen-bond acceptors (Lipinski definition) is 2. The van der Waals surface area contributed by atoms with Gasteiger partial charge in [-0.05, 0) is 48.6 Å². The third-order valence-corrected chi connectivity index (χ3v) is 6.69. The second kappa shape index (κ2) is 4.53. The Labute approximate surface area is 137 Å². The largest absolute Gasteiger partial charge is 0.254 e. The van der Waals surface area contributed by atoms with Crippen molar-refractivity contribution in [1.82, 2.24) is 9.97 Å². The Bertz CT molecular complexity index is 910. The average Bonchev–Trinajstić information content (AvgIpc) is 2.61. The molecule has 0 aliphatic heterocycles. The highest BCUT2D eigenvalue weighted by atomic mass is 14.8. The summed E-state index contributed by atoms with van der Waals surface area (Å²) in [6, 6.07) is 12.9. The molecule has 2 heteroatoms. The van der Waals surface area contributed by atoms with Crippen molar-refractivity contribution in [1.29, 1.82) is 0 Å². The van der Waals surface area contributed by atoms with Crippen LogP contribution in [0.25, 0.3) is 21.8 Å². The summed E-state index contributed by atoms with van der Waals surface area (Å²) < 4.78 is 0. The van der Waals surface area contributed by atoms with Gasteiger partial charge in [0.05, 0.1) is 11.0 Å². The zero-order valence-corrected chi connectivity index (χ0v) is 13.8. The highest BCUT2D eigenvalue weighted by molar-refractivity contribution is 6.02. The lowest BCUT2D eigenvalue weighted by atomic mass is 9.45. The van der Waals surface area contributed by atoms with Gasteiger partial charge >= 0.3 is 0 Å². The second-order valence-corrected chi connectivity index (χ2v) is 7.99. The molecule has 1 aromatic carbocycles. The van der Waals surface area contributed by atoms with E-state index in [9.17, 15) is 0 Å². The van der Waals surface area contributed by atoms with E-state index < -0.39 is 0 Å². The molecule has 3 fully saturated rings. The molecular formula is C21H22N2. The van der Waals surface area contributed by atoms with E-state index in [0.717, 1.165) is 22.9 Å². The standard InChI is InChI=1S/C21H22N2/c1-21(2)15-8-9-16(17(21)12-15)18-10-7-14-6-5-13-4-3-11-22-19(13)20(14)23-18/h3-7,10-11,15-17H,8-9,12H2,1-2H3/t15-,16-,17-/m0/s1. The highest BCUT2D eigenvalue weighted by Gasteiger charge is 2.54. The van der Waals surface area contributed by atoms with Gasteiger partial charge in [0.1, 0.15) is 0 Å². The third kappa shape index (κ3) is 1.81. The number of rotatable bonds is 1. The van der Waals surface area contributed by atoms with Gasteiger partial charge in [-0.3, -0.25) is 9.97 Å². The smallest absolute Gasteiger partial charge is 0.0967 e. The van der Waals surface area contributed by atoms with Crippen LogP contribution in [0.5, 0.6) is 0 Å². The molecule has 3 atom stereocenters. The third-order valence-electron chi connectivity index (χ3n) is 6.69. The molecule has 2 heterocycles. The SMILES string of the molecule is CC1(C)[C@H]2CC[C@H](c3ccc4ccc5cccnc5c4n3)[C@@H]1C2. The van der Waals surface area contributed by atoms with E-state index in [1.807, 2.05) is 12.3 Å². The molecule has 3 saturated carbocycles. The summed E-state index contributed by atoms with van der Waals surface area (Å²) in [7, 11) is 0. The summed E-state index contributed by atoms with van der Waals surface area (Å²) in [6.07, 6.45) is 5.93. The monoisotopic (exact) mass is 302 g/mol. The summed E-state index contributed by atoms with van der Waals surface area (Å²) >= 11 is 0. The van der Waals surface area contributed by atoms with E-state index >= 15 is 0 Å². The first-order chi connectivity index (χ1) is 11.1. The molecule has 3 aliphatic rings. The number of aromatic nitrogens is 2. The number of fused-ring (bicyclic) bond motifs is 5. The molecule has 23 heavy (non-hydrogen) atoms. The fourth-order valence-corrected chi connectivity index (χ4v) is 5.11. The Balaban J connectivity index is 1.66. The molecule has 6 rings (SSSR count). The van der Waals surface area contributed by atoms with Crippen molar-refractivity contribution in [2.45, 2.75) is 39.0 Å². The van der Waals surface area contributed by atoms with Gasteiger partial charge in [0.15, 0.2) is 0 Å². The number of nitrogens with zero attached hydrogens (tertiary/aromatic N) is 2. The minimum Gasteiger partial charge on any atom is -0.254 e. The summed E-state index contributed by atoms with van der Waals surface area (Å²) in [5.41, 5.74) is 3.89. The number of hydrogen-bond donors (Lipinski definition) is 0. The maximum Gasteiger partial charge on any atom is 0.0967 e. The van der Waals surface area contributed by atoms with Crippen LogP contribution >= 0.6 is 0 Å². The molecule has 2 nitrogen and oxygen atoms in total. The van der Waals surface area contributed by atoms with Crippen LogP contribution in [0.2, 0.25) is 0 Å². The quantitative estimate of drug-likeness (QED) is 0.568. The summed E-state index contributed by atoms with van der Waals surface area (Å²) in [5.74, 6) is 2.36. The first-order valence-corrected chi connectivity index (χ1v) is 8.79. The Hall–Kier alpha value is -1.96. The Morgan fingerprint density at radius 2 is 1.74 bits per heavy atom. The van der Waals surface area contributed by atoms with Crippen LogP contribution in [-0.4, -0.2) is 9.97 Å². The molecule has 0 N–H and O–H groups in total. The van der Waals surface area contributed by atoms with Gasteiger partial charge < -0.3 is 0 Å². The van der Waals surface area contributed by atoms with Gasteiger partial charge in [0.2, 0.25) is 0 Å². The molecular weight excluding hydrogens is 280 g/mol. The van der Waals surface area contributed by atoms with E-state index in [0.29, 0.717) is 11.3 Å². The van der Waals surface area contributed by atoms with Gasteiger partial charge in [-0.2, -0.15) is 0 Å². The van der Waals surface area contributed by atoms with E-state index in [1.165, 1.54) is 35.7 Å². The molecule has 0 saturated heterocycles. The zero-order valence-electron chi connectivity index (χ0n) is 13.8. The van der Waals surface area contributed by atoms with Gasteiger partial charge in [-0.25, -0.2) is 0 Å². The van der Waals surface area contributed by atoms with Crippen molar-refractivity contribution >= 4 is 21.8 Å². The predicted molar refractivity (Wildman–Crippen MR) is 94.4 cm³/mol. The first-order valence-electron chi connectivity index (χ1n) is 8.79. The van der Waals surface area contributed by atoms with E-state index in [4.69, 9.17) is 4.98 Å². The summed E-state index contributed by atoms with van der Waals surface area (Å²) in [4.78, 5) is 9.70. The van der Waals surface area contributed by atoms with Crippen molar-refractivity contribution in [2.24, 2.45) is 17.3 Å². The molecule has 0 radical (unpaired) electrons. The van der Waals surface area contributed by atoms with Gasteiger partial charge in [0.25, 0.3) is 0 Å². The highest BCUT2D eigenvalue weighted by Crippen LogP contribution is 2.63. The molecule has 2 bridgehead atoms. The maximum absolute atomic E-state index is 5.11. The topological polar surface area (TPSA) is 25.8 Å². The van der Waals surface area contributed by atoms with Gasteiger partial charge in [-0.1, -0.05) is 38.1 Å². The number of benzene rings is 1. The van der Waals surface area contributed by atoms with Crippen molar-refractivity contribution in [3.05, 3.63) is 48.3 Å². The van der Waals surface area contributed by atoms with E-state index in [-0.39, 0.29) is 0 Å². The fraction of sp³-hybridized carbons (Fsp3) is 0.429. The molecule has 0 amide bonds. The molecule has 0 spiro atoms. The Morgan fingerprint density at radius 3 is 2.52 bits per heavy atom. The number of pyridine rings is 2. The van der Waals surface area contributed by atoms with Crippen LogP contribution in [0.15, 0.2) is 42.6 Å². The van der Waals surface area contributed by atoms with Crippen LogP contribution in [0.4, 0.5) is 0 Å². The minimum absolute atomic E-state index is 0.497. The summed E-state index contributed by atoms with van der Waals surface area (Å²) in [6.45, 7) is 4.91. The molecule has 2 aromatic heterocycles. The van der Waals surface area contributed by atoms with Crippen molar-refractivity contribution in [3.8, 4) is 0 Å². The van der Waals surface area contributed by atoms with Crippen LogP contribution < -0.4 is 0 Å². The van der Waals surface area contributed by atoms with Crippen LogP contribution in [0.1, 0.15) is 44.7 Å². The van der Waals surface area contributed by atoms with Gasteiger partial charge in [0, 0.05) is 28.6 Å². The lowest BCUT2D eigenvalue weighted by molar-refractivity contribution is -0.0813. The van der Waals surface area contributed by atoms with Crippen molar-refractivity contribution < 1.29 is 0 Å². The minimum atomic E-state index is 0.497. The van der Waals surface area contributed by atoms with E-state index in [2.05, 4.69) is 49.2 Å².